The monoisotopic (exact) mass is 361 g/mol. The van der Waals surface area contributed by atoms with Crippen LogP contribution in [0.1, 0.15) is 31.4 Å². The van der Waals surface area contributed by atoms with Gasteiger partial charge in [0, 0.05) is 32.2 Å². The fourth-order valence-corrected chi connectivity index (χ4v) is 2.87. The molecule has 1 unspecified atom stereocenters. The highest BCUT2D eigenvalue weighted by Crippen LogP contribution is 2.19. The first kappa shape index (κ1) is 20.2. The van der Waals surface area contributed by atoms with E-state index in [-0.39, 0.29) is 24.5 Å². The van der Waals surface area contributed by atoms with Crippen LogP contribution in [-0.2, 0) is 9.59 Å². The molecule has 2 amide bonds. The summed E-state index contributed by atoms with van der Waals surface area (Å²) < 4.78 is 5.71. The number of piperazine rings is 1. The van der Waals surface area contributed by atoms with Gasteiger partial charge < -0.3 is 15.0 Å². The molecular weight excluding hydrogens is 330 g/mol. The van der Waals surface area contributed by atoms with Crippen molar-refractivity contribution in [3.8, 4) is 5.75 Å². The Morgan fingerprint density at radius 2 is 1.88 bits per heavy atom. The van der Waals surface area contributed by atoms with Crippen LogP contribution in [0.5, 0.6) is 5.75 Å². The molecule has 1 atom stereocenters. The zero-order chi connectivity index (χ0) is 19.1. The summed E-state index contributed by atoms with van der Waals surface area (Å²) in [5.74, 6) is 0.811. The molecule has 6 heteroatoms. The first-order chi connectivity index (χ1) is 12.4. The number of hydrogen-bond donors (Lipinski definition) is 1. The number of nitrogens with one attached hydrogen (secondary N) is 1. The molecule has 144 valence electrons. The van der Waals surface area contributed by atoms with Gasteiger partial charge in [0.2, 0.25) is 5.91 Å². The molecule has 1 aromatic rings. The number of hydrogen-bond acceptors (Lipinski definition) is 4. The zero-order valence-corrected chi connectivity index (χ0v) is 16.4. The van der Waals surface area contributed by atoms with E-state index in [1.165, 1.54) is 0 Å². The third-order valence-electron chi connectivity index (χ3n) is 4.81. The number of rotatable bonds is 7. The molecule has 1 aliphatic heterocycles. The molecule has 26 heavy (non-hydrogen) atoms. The first-order valence-electron chi connectivity index (χ1n) is 9.38. The van der Waals surface area contributed by atoms with Crippen LogP contribution in [0, 0.1) is 13.8 Å². The summed E-state index contributed by atoms with van der Waals surface area (Å²) >= 11 is 0. The van der Waals surface area contributed by atoms with Gasteiger partial charge in [0.25, 0.3) is 5.91 Å². The van der Waals surface area contributed by atoms with Crippen molar-refractivity contribution in [3.63, 3.8) is 0 Å². The Morgan fingerprint density at radius 1 is 1.19 bits per heavy atom. The predicted octanol–water partition coefficient (Wildman–Crippen LogP) is 1.74. The van der Waals surface area contributed by atoms with Gasteiger partial charge in [-0.1, -0.05) is 19.1 Å². The molecule has 1 fully saturated rings. The Kier molecular flexibility index (Phi) is 7.45. The molecule has 2 rings (SSSR count). The van der Waals surface area contributed by atoms with E-state index >= 15 is 0 Å². The Balaban J connectivity index is 1.74. The number of benzene rings is 1. The van der Waals surface area contributed by atoms with Crippen molar-refractivity contribution in [1.29, 1.82) is 0 Å². The van der Waals surface area contributed by atoms with Crippen LogP contribution in [0.4, 0.5) is 0 Å². The van der Waals surface area contributed by atoms with Crippen LogP contribution < -0.4 is 10.1 Å². The number of carbonyl (C=O) groups excluding carboxylic acids is 2. The quantitative estimate of drug-likeness (QED) is 0.804. The number of ether oxygens (including phenoxy) is 1. The van der Waals surface area contributed by atoms with Crippen LogP contribution in [0.3, 0.4) is 0 Å². The highest BCUT2D eigenvalue weighted by molar-refractivity contribution is 5.79. The van der Waals surface area contributed by atoms with Gasteiger partial charge in [-0.2, -0.15) is 0 Å². The molecule has 1 aromatic carbocycles. The van der Waals surface area contributed by atoms with Gasteiger partial charge in [-0.15, -0.1) is 0 Å². The van der Waals surface area contributed by atoms with Crippen molar-refractivity contribution < 1.29 is 14.3 Å². The van der Waals surface area contributed by atoms with E-state index in [1.807, 2.05) is 43.9 Å². The van der Waals surface area contributed by atoms with E-state index in [1.54, 1.807) is 0 Å². The molecule has 1 N–H and O–H groups in total. The summed E-state index contributed by atoms with van der Waals surface area (Å²) in [7, 11) is 0. The van der Waals surface area contributed by atoms with Gasteiger partial charge in [-0.3, -0.25) is 14.5 Å². The Bertz CT molecular complexity index is 625. The minimum absolute atomic E-state index is 0.00499. The average Bonchev–Trinajstić information content (AvgIpc) is 2.62. The number of amides is 2. The largest absolute Gasteiger partial charge is 0.483 e. The molecular formula is C20H31N3O3. The second-order valence-electron chi connectivity index (χ2n) is 7.09. The van der Waals surface area contributed by atoms with E-state index < -0.39 is 0 Å². The lowest BCUT2D eigenvalue weighted by Gasteiger charge is -2.34. The van der Waals surface area contributed by atoms with E-state index in [0.717, 1.165) is 23.3 Å². The van der Waals surface area contributed by atoms with Crippen LogP contribution >= 0.6 is 0 Å². The van der Waals surface area contributed by atoms with Crippen molar-refractivity contribution in [2.75, 3.05) is 39.3 Å². The molecule has 1 aliphatic rings. The molecule has 0 aromatic heterocycles. The topological polar surface area (TPSA) is 61.9 Å². The highest BCUT2D eigenvalue weighted by atomic mass is 16.5. The lowest BCUT2D eigenvalue weighted by atomic mass is 10.1. The zero-order valence-electron chi connectivity index (χ0n) is 16.4. The van der Waals surface area contributed by atoms with Crippen LogP contribution in [0.25, 0.3) is 0 Å². The smallest absolute Gasteiger partial charge is 0.260 e. The third kappa shape index (κ3) is 6.02. The minimum atomic E-state index is -0.00499. The van der Waals surface area contributed by atoms with Gasteiger partial charge in [-0.25, -0.2) is 0 Å². The molecule has 0 aliphatic carbocycles. The Labute approximate surface area is 156 Å². The van der Waals surface area contributed by atoms with Crippen molar-refractivity contribution in [2.45, 2.75) is 40.2 Å². The standard InChI is InChI=1S/C20H31N3O3/c1-5-17(4)21-19(24)13-22-8-10-23(11-9-22)20(25)14-26-18-12-15(2)6-7-16(18)3/h6-7,12,17H,5,8-11,13-14H2,1-4H3,(H,21,24). The Morgan fingerprint density at radius 3 is 2.54 bits per heavy atom. The summed E-state index contributed by atoms with van der Waals surface area (Å²) in [4.78, 5) is 28.2. The second-order valence-corrected chi connectivity index (χ2v) is 7.09. The van der Waals surface area contributed by atoms with Crippen LogP contribution in [0.2, 0.25) is 0 Å². The van der Waals surface area contributed by atoms with Crippen LogP contribution in [0.15, 0.2) is 18.2 Å². The lowest BCUT2D eigenvalue weighted by molar-refractivity contribution is -0.135. The lowest BCUT2D eigenvalue weighted by Crippen LogP contribution is -2.52. The first-order valence-corrected chi connectivity index (χ1v) is 9.38. The van der Waals surface area contributed by atoms with Crippen molar-refractivity contribution in [3.05, 3.63) is 29.3 Å². The average molecular weight is 361 g/mol. The molecule has 0 bridgehead atoms. The number of nitrogens with zero attached hydrogens (tertiary/aromatic N) is 2. The Hall–Kier alpha value is -2.08. The highest BCUT2D eigenvalue weighted by Gasteiger charge is 2.23. The van der Waals surface area contributed by atoms with Crippen molar-refractivity contribution in [2.24, 2.45) is 0 Å². The van der Waals surface area contributed by atoms with E-state index in [9.17, 15) is 9.59 Å². The van der Waals surface area contributed by atoms with Crippen LogP contribution in [-0.4, -0.2) is 67.0 Å². The number of carbonyl (C=O) groups is 2. The number of aryl methyl sites for hydroxylation is 2. The molecule has 0 radical (unpaired) electrons. The molecule has 0 spiro atoms. The van der Waals surface area contributed by atoms with E-state index in [2.05, 4.69) is 17.1 Å². The van der Waals surface area contributed by atoms with Gasteiger partial charge in [0.1, 0.15) is 5.75 Å². The summed E-state index contributed by atoms with van der Waals surface area (Å²) in [5.41, 5.74) is 2.14. The van der Waals surface area contributed by atoms with Gasteiger partial charge in [-0.05, 0) is 44.4 Å². The van der Waals surface area contributed by atoms with Crippen molar-refractivity contribution in [1.82, 2.24) is 15.1 Å². The maximum atomic E-state index is 12.4. The van der Waals surface area contributed by atoms with E-state index in [0.29, 0.717) is 32.7 Å². The minimum Gasteiger partial charge on any atom is -0.483 e. The summed E-state index contributed by atoms with van der Waals surface area (Å²) in [5, 5.41) is 2.98. The third-order valence-corrected chi connectivity index (χ3v) is 4.81. The van der Waals surface area contributed by atoms with Gasteiger partial charge in [0.05, 0.1) is 6.54 Å². The van der Waals surface area contributed by atoms with Gasteiger partial charge in [0.15, 0.2) is 6.61 Å². The normalized spacial score (nSPS) is 16.2. The molecule has 1 saturated heterocycles. The van der Waals surface area contributed by atoms with E-state index in [4.69, 9.17) is 4.74 Å². The van der Waals surface area contributed by atoms with Crippen molar-refractivity contribution >= 4 is 11.8 Å². The SMILES string of the molecule is CCC(C)NC(=O)CN1CCN(C(=O)COc2cc(C)ccc2C)CC1. The second kappa shape index (κ2) is 9.57. The fourth-order valence-electron chi connectivity index (χ4n) is 2.87. The summed E-state index contributed by atoms with van der Waals surface area (Å²) in [6.45, 7) is 11.2. The summed E-state index contributed by atoms with van der Waals surface area (Å²) in [6, 6.07) is 6.18. The fraction of sp³-hybridized carbons (Fsp3) is 0.600. The van der Waals surface area contributed by atoms with Gasteiger partial charge >= 0.3 is 0 Å². The molecule has 6 nitrogen and oxygen atoms in total. The predicted molar refractivity (Wildman–Crippen MR) is 102 cm³/mol. The maximum absolute atomic E-state index is 12.4. The maximum Gasteiger partial charge on any atom is 0.260 e. The summed E-state index contributed by atoms with van der Waals surface area (Å²) in [6.07, 6.45) is 0.925. The molecule has 0 saturated carbocycles. The molecule has 1 heterocycles.